The van der Waals surface area contributed by atoms with Crippen LogP contribution in [-0.2, 0) is 0 Å². The van der Waals surface area contributed by atoms with Crippen molar-refractivity contribution in [1.29, 1.82) is 0 Å². The number of anilines is 1. The highest BCUT2D eigenvalue weighted by atomic mass is 35.5. The fourth-order valence-electron chi connectivity index (χ4n) is 3.33. The highest BCUT2D eigenvalue weighted by Crippen LogP contribution is 2.39. The van der Waals surface area contributed by atoms with E-state index in [1.807, 2.05) is 6.07 Å². The molecule has 1 aliphatic carbocycles. The zero-order valence-electron chi connectivity index (χ0n) is 12.9. The van der Waals surface area contributed by atoms with Gasteiger partial charge in [0.1, 0.15) is 0 Å². The summed E-state index contributed by atoms with van der Waals surface area (Å²) in [6.07, 6.45) is 4.86. The second-order valence-electron chi connectivity index (χ2n) is 7.01. The zero-order valence-corrected chi connectivity index (χ0v) is 13.7. The lowest BCUT2D eigenvalue weighted by atomic mass is 9.69. The van der Waals surface area contributed by atoms with E-state index in [0.717, 1.165) is 12.1 Å². The minimum absolute atomic E-state index is 0.157. The van der Waals surface area contributed by atoms with E-state index in [4.69, 9.17) is 16.7 Å². The topological polar surface area (TPSA) is 49.3 Å². The average molecular weight is 310 g/mol. The van der Waals surface area contributed by atoms with Gasteiger partial charge in [0, 0.05) is 11.7 Å². The number of rotatable bonds is 3. The van der Waals surface area contributed by atoms with Crippen molar-refractivity contribution in [3.8, 4) is 0 Å². The van der Waals surface area contributed by atoms with E-state index >= 15 is 0 Å². The number of carboxylic acid groups (broad SMARTS) is 1. The lowest BCUT2D eigenvalue weighted by Gasteiger charge is -2.41. The van der Waals surface area contributed by atoms with E-state index in [2.05, 4.69) is 26.1 Å². The molecule has 2 unspecified atom stereocenters. The standard InChI is InChI=1S/C17H24ClNO2/c1-17(2,3)13-6-4-5-7-15(13)19-11-8-9-14(18)12(10-11)16(20)21/h8-10,13,15,19H,4-7H2,1-3H3,(H,20,21). The van der Waals surface area contributed by atoms with Gasteiger partial charge in [-0.25, -0.2) is 4.79 Å². The first-order valence-electron chi connectivity index (χ1n) is 7.58. The number of halogens is 1. The van der Waals surface area contributed by atoms with Crippen molar-refractivity contribution >= 4 is 23.3 Å². The fourth-order valence-corrected chi connectivity index (χ4v) is 3.53. The fraction of sp³-hybridized carbons (Fsp3) is 0.588. The van der Waals surface area contributed by atoms with E-state index in [1.165, 1.54) is 19.3 Å². The molecule has 2 rings (SSSR count). The third kappa shape index (κ3) is 3.91. The summed E-state index contributed by atoms with van der Waals surface area (Å²) in [5.41, 5.74) is 1.25. The highest BCUT2D eigenvalue weighted by molar-refractivity contribution is 6.33. The van der Waals surface area contributed by atoms with Gasteiger partial charge < -0.3 is 10.4 Å². The van der Waals surface area contributed by atoms with Crippen molar-refractivity contribution < 1.29 is 9.90 Å². The molecule has 0 spiro atoms. The number of aromatic carboxylic acids is 1. The van der Waals surface area contributed by atoms with Crippen LogP contribution in [0.4, 0.5) is 5.69 Å². The Kier molecular flexibility index (Phi) is 4.82. The van der Waals surface area contributed by atoms with E-state index in [9.17, 15) is 4.79 Å². The van der Waals surface area contributed by atoms with Crippen LogP contribution in [0.5, 0.6) is 0 Å². The molecule has 116 valence electrons. The number of carbonyl (C=O) groups is 1. The predicted molar refractivity (Wildman–Crippen MR) is 87.2 cm³/mol. The van der Waals surface area contributed by atoms with Crippen LogP contribution >= 0.6 is 11.6 Å². The Balaban J connectivity index is 2.20. The number of nitrogens with one attached hydrogen (secondary N) is 1. The van der Waals surface area contributed by atoms with E-state index in [0.29, 0.717) is 12.0 Å². The Morgan fingerprint density at radius 1 is 1.29 bits per heavy atom. The molecule has 0 aliphatic heterocycles. The van der Waals surface area contributed by atoms with Crippen LogP contribution in [0, 0.1) is 11.3 Å². The predicted octanol–water partition coefficient (Wildman–Crippen LogP) is 5.06. The number of benzene rings is 1. The van der Waals surface area contributed by atoms with E-state index < -0.39 is 5.97 Å². The minimum atomic E-state index is -0.986. The lowest BCUT2D eigenvalue weighted by molar-refractivity contribution is 0.0697. The molecule has 1 aromatic rings. The van der Waals surface area contributed by atoms with Gasteiger partial charge in [-0.15, -0.1) is 0 Å². The molecule has 3 nitrogen and oxygen atoms in total. The summed E-state index contributed by atoms with van der Waals surface area (Å²) < 4.78 is 0. The summed E-state index contributed by atoms with van der Waals surface area (Å²) >= 11 is 5.93. The van der Waals surface area contributed by atoms with Crippen LogP contribution in [-0.4, -0.2) is 17.1 Å². The quantitative estimate of drug-likeness (QED) is 0.821. The Morgan fingerprint density at radius 3 is 2.57 bits per heavy atom. The van der Waals surface area contributed by atoms with Crippen molar-refractivity contribution in [2.45, 2.75) is 52.5 Å². The molecule has 0 saturated heterocycles. The molecule has 21 heavy (non-hydrogen) atoms. The summed E-state index contributed by atoms with van der Waals surface area (Å²) in [5.74, 6) is -0.394. The molecular weight excluding hydrogens is 286 g/mol. The smallest absolute Gasteiger partial charge is 0.337 e. The van der Waals surface area contributed by atoms with Crippen molar-refractivity contribution in [2.75, 3.05) is 5.32 Å². The number of carboxylic acids is 1. The van der Waals surface area contributed by atoms with Gasteiger partial charge in [0.2, 0.25) is 0 Å². The first-order valence-corrected chi connectivity index (χ1v) is 7.96. The van der Waals surface area contributed by atoms with Gasteiger partial charge in [-0.2, -0.15) is 0 Å². The van der Waals surface area contributed by atoms with Crippen LogP contribution in [0.1, 0.15) is 56.8 Å². The maximum Gasteiger partial charge on any atom is 0.337 e. The first kappa shape index (κ1) is 16.2. The second-order valence-corrected chi connectivity index (χ2v) is 7.41. The Bertz CT molecular complexity index is 522. The molecule has 0 radical (unpaired) electrons. The second kappa shape index (κ2) is 6.27. The van der Waals surface area contributed by atoms with Crippen LogP contribution in [0.2, 0.25) is 5.02 Å². The van der Waals surface area contributed by atoms with Gasteiger partial charge >= 0.3 is 5.97 Å². The molecule has 1 fully saturated rings. The SMILES string of the molecule is CC(C)(C)C1CCCCC1Nc1ccc(Cl)c(C(=O)O)c1. The average Bonchev–Trinajstić information content (AvgIpc) is 2.40. The Morgan fingerprint density at radius 2 is 1.95 bits per heavy atom. The van der Waals surface area contributed by atoms with Gasteiger partial charge in [0.25, 0.3) is 0 Å². The third-order valence-electron chi connectivity index (χ3n) is 4.43. The largest absolute Gasteiger partial charge is 0.478 e. The molecule has 2 atom stereocenters. The number of hydrogen-bond donors (Lipinski definition) is 2. The van der Waals surface area contributed by atoms with Crippen molar-refractivity contribution in [3.05, 3.63) is 28.8 Å². The molecule has 0 aromatic heterocycles. The lowest BCUT2D eigenvalue weighted by Crippen LogP contribution is -2.39. The van der Waals surface area contributed by atoms with Crippen LogP contribution in [0.25, 0.3) is 0 Å². The van der Waals surface area contributed by atoms with Crippen LogP contribution < -0.4 is 5.32 Å². The first-order chi connectivity index (χ1) is 9.79. The summed E-state index contributed by atoms with van der Waals surface area (Å²) in [7, 11) is 0. The zero-order chi connectivity index (χ0) is 15.6. The molecule has 2 N–H and O–H groups in total. The van der Waals surface area contributed by atoms with Gasteiger partial charge in [-0.3, -0.25) is 0 Å². The van der Waals surface area contributed by atoms with Crippen molar-refractivity contribution in [2.24, 2.45) is 11.3 Å². The van der Waals surface area contributed by atoms with Crippen LogP contribution in [0.15, 0.2) is 18.2 Å². The third-order valence-corrected chi connectivity index (χ3v) is 4.76. The summed E-state index contributed by atoms with van der Waals surface area (Å²) in [6.45, 7) is 6.84. The van der Waals surface area contributed by atoms with E-state index in [-0.39, 0.29) is 16.0 Å². The molecule has 4 heteroatoms. The molecule has 0 amide bonds. The maximum atomic E-state index is 11.2. The van der Waals surface area contributed by atoms with Crippen molar-refractivity contribution in [3.63, 3.8) is 0 Å². The van der Waals surface area contributed by atoms with Crippen LogP contribution in [0.3, 0.4) is 0 Å². The van der Waals surface area contributed by atoms with Gasteiger partial charge in [0.05, 0.1) is 10.6 Å². The normalized spacial score (nSPS) is 22.9. The molecule has 1 saturated carbocycles. The minimum Gasteiger partial charge on any atom is -0.478 e. The highest BCUT2D eigenvalue weighted by Gasteiger charge is 2.34. The van der Waals surface area contributed by atoms with Crippen molar-refractivity contribution in [1.82, 2.24) is 0 Å². The molecule has 1 aliphatic rings. The maximum absolute atomic E-state index is 11.2. The summed E-state index contributed by atoms with van der Waals surface area (Å²) in [5, 5.41) is 13.0. The molecule has 0 heterocycles. The monoisotopic (exact) mass is 309 g/mol. The number of hydrogen-bond acceptors (Lipinski definition) is 2. The van der Waals surface area contributed by atoms with Gasteiger partial charge in [0.15, 0.2) is 0 Å². The Hall–Kier alpha value is -1.22. The molecule has 0 bridgehead atoms. The molecule has 1 aromatic carbocycles. The van der Waals surface area contributed by atoms with Gasteiger partial charge in [-0.1, -0.05) is 45.2 Å². The molecular formula is C17H24ClNO2. The van der Waals surface area contributed by atoms with E-state index in [1.54, 1.807) is 12.1 Å². The Labute approximate surface area is 131 Å². The summed E-state index contributed by atoms with van der Waals surface area (Å²) in [4.78, 5) is 11.2. The summed E-state index contributed by atoms with van der Waals surface area (Å²) in [6, 6.07) is 5.55. The van der Waals surface area contributed by atoms with Gasteiger partial charge in [-0.05, 0) is 42.4 Å².